The van der Waals surface area contributed by atoms with Gasteiger partial charge in [-0.3, -0.25) is 9.69 Å². The van der Waals surface area contributed by atoms with Gasteiger partial charge in [-0.05, 0) is 60.6 Å². The highest BCUT2D eigenvalue weighted by atomic mass is 35.5. The van der Waals surface area contributed by atoms with E-state index in [1.165, 1.54) is 11.1 Å². The van der Waals surface area contributed by atoms with E-state index in [0.29, 0.717) is 16.5 Å². The first-order chi connectivity index (χ1) is 13.6. The number of ether oxygens (including phenoxy) is 1. The van der Waals surface area contributed by atoms with E-state index in [2.05, 4.69) is 23.1 Å². The van der Waals surface area contributed by atoms with E-state index in [4.69, 9.17) is 16.3 Å². The van der Waals surface area contributed by atoms with Crippen molar-refractivity contribution < 1.29 is 9.53 Å². The topological polar surface area (TPSA) is 32.8 Å². The van der Waals surface area contributed by atoms with Crippen LogP contribution in [-0.4, -0.2) is 49.0 Å². The van der Waals surface area contributed by atoms with Gasteiger partial charge >= 0.3 is 0 Å². The molecule has 0 aromatic heterocycles. The Morgan fingerprint density at radius 1 is 1.14 bits per heavy atom. The molecule has 2 heterocycles. The molecule has 2 aliphatic heterocycles. The van der Waals surface area contributed by atoms with Gasteiger partial charge in [-0.25, -0.2) is 0 Å². The number of piperidine rings is 1. The fourth-order valence-electron chi connectivity index (χ4n) is 4.47. The SMILES string of the molecule is COc1cccc2c1CCN(CC1CCN(C(=O)c3cccc(Cl)c3)CC1)C2. The Morgan fingerprint density at radius 3 is 2.68 bits per heavy atom. The van der Waals surface area contributed by atoms with Crippen LogP contribution in [0.2, 0.25) is 5.02 Å². The Morgan fingerprint density at radius 2 is 1.93 bits per heavy atom. The number of methoxy groups -OCH3 is 1. The second kappa shape index (κ2) is 8.54. The van der Waals surface area contributed by atoms with Gasteiger partial charge in [-0.15, -0.1) is 0 Å². The zero-order valence-electron chi connectivity index (χ0n) is 16.4. The minimum absolute atomic E-state index is 0.0972. The first kappa shape index (κ1) is 19.3. The van der Waals surface area contributed by atoms with Gasteiger partial charge in [0.05, 0.1) is 7.11 Å². The Balaban J connectivity index is 1.31. The Labute approximate surface area is 172 Å². The fraction of sp³-hybridized carbons (Fsp3) is 0.435. The highest BCUT2D eigenvalue weighted by Gasteiger charge is 2.27. The summed E-state index contributed by atoms with van der Waals surface area (Å²) in [4.78, 5) is 17.2. The molecular weight excluding hydrogens is 372 g/mol. The fourth-order valence-corrected chi connectivity index (χ4v) is 4.66. The molecule has 2 aromatic carbocycles. The zero-order chi connectivity index (χ0) is 19.5. The maximum atomic E-state index is 12.7. The minimum Gasteiger partial charge on any atom is -0.496 e. The summed E-state index contributed by atoms with van der Waals surface area (Å²) in [6, 6.07) is 13.6. The van der Waals surface area contributed by atoms with Crippen LogP contribution in [-0.2, 0) is 13.0 Å². The number of nitrogens with zero attached hydrogens (tertiary/aromatic N) is 2. The third-order valence-electron chi connectivity index (χ3n) is 6.01. The van der Waals surface area contributed by atoms with Gasteiger partial charge in [0.2, 0.25) is 0 Å². The van der Waals surface area contributed by atoms with Gasteiger partial charge in [0.15, 0.2) is 0 Å². The van der Waals surface area contributed by atoms with Gasteiger partial charge < -0.3 is 9.64 Å². The summed E-state index contributed by atoms with van der Waals surface area (Å²) in [5.41, 5.74) is 3.44. The summed E-state index contributed by atoms with van der Waals surface area (Å²) < 4.78 is 5.51. The predicted octanol–water partition coefficient (Wildman–Crippen LogP) is 4.26. The molecule has 2 aliphatic rings. The van der Waals surface area contributed by atoms with Crippen LogP contribution in [0, 0.1) is 5.92 Å². The Kier molecular flexibility index (Phi) is 5.88. The van der Waals surface area contributed by atoms with Gasteiger partial charge in [0.25, 0.3) is 5.91 Å². The second-order valence-electron chi connectivity index (χ2n) is 7.83. The molecule has 2 aromatic rings. The van der Waals surface area contributed by atoms with Gasteiger partial charge in [0.1, 0.15) is 5.75 Å². The number of fused-ring (bicyclic) bond motifs is 1. The van der Waals surface area contributed by atoms with Crippen molar-refractivity contribution >= 4 is 17.5 Å². The van der Waals surface area contributed by atoms with Crippen molar-refractivity contribution in [2.24, 2.45) is 5.92 Å². The van der Waals surface area contributed by atoms with Crippen LogP contribution in [0.5, 0.6) is 5.75 Å². The van der Waals surface area contributed by atoms with Crippen molar-refractivity contribution in [2.45, 2.75) is 25.8 Å². The molecule has 0 atom stereocenters. The van der Waals surface area contributed by atoms with Crippen LogP contribution in [0.25, 0.3) is 0 Å². The molecule has 28 heavy (non-hydrogen) atoms. The van der Waals surface area contributed by atoms with Crippen molar-refractivity contribution in [2.75, 3.05) is 33.3 Å². The number of benzene rings is 2. The summed E-state index contributed by atoms with van der Waals surface area (Å²) in [6.07, 6.45) is 3.17. The van der Waals surface area contributed by atoms with Crippen LogP contribution < -0.4 is 4.74 Å². The lowest BCUT2D eigenvalue weighted by molar-refractivity contribution is 0.0662. The van der Waals surface area contributed by atoms with E-state index < -0.39 is 0 Å². The monoisotopic (exact) mass is 398 g/mol. The summed E-state index contributed by atoms with van der Waals surface area (Å²) >= 11 is 6.03. The number of likely N-dealkylation sites (tertiary alicyclic amines) is 1. The maximum absolute atomic E-state index is 12.7. The van der Waals surface area contributed by atoms with Crippen LogP contribution in [0.4, 0.5) is 0 Å². The van der Waals surface area contributed by atoms with E-state index in [9.17, 15) is 4.79 Å². The van der Waals surface area contributed by atoms with E-state index in [0.717, 1.165) is 57.7 Å². The smallest absolute Gasteiger partial charge is 0.253 e. The molecule has 148 valence electrons. The summed E-state index contributed by atoms with van der Waals surface area (Å²) in [6.45, 7) is 4.83. The first-order valence-electron chi connectivity index (χ1n) is 10.1. The van der Waals surface area contributed by atoms with Crippen molar-refractivity contribution in [3.05, 3.63) is 64.2 Å². The lowest BCUT2D eigenvalue weighted by Gasteiger charge is -2.36. The molecule has 0 radical (unpaired) electrons. The number of carbonyl (C=O) groups excluding carboxylic acids is 1. The molecule has 0 aliphatic carbocycles. The number of rotatable bonds is 4. The average molecular weight is 399 g/mol. The van der Waals surface area contributed by atoms with Gasteiger partial charge in [0, 0.05) is 43.3 Å². The normalized spacial score (nSPS) is 18.0. The summed E-state index contributed by atoms with van der Waals surface area (Å²) in [7, 11) is 1.75. The average Bonchev–Trinajstić information content (AvgIpc) is 2.73. The predicted molar refractivity (Wildman–Crippen MR) is 112 cm³/mol. The number of halogens is 1. The standard InChI is InChI=1S/C23H27ClN2O2/c1-28-22-7-3-5-19-16-25(11-10-21(19)22)15-17-8-12-26(13-9-17)23(27)18-4-2-6-20(24)14-18/h2-7,14,17H,8-13,15-16H2,1H3. The van der Waals surface area contributed by atoms with E-state index in [1.807, 2.05) is 17.0 Å². The lowest BCUT2D eigenvalue weighted by Crippen LogP contribution is -2.42. The molecule has 5 heteroatoms. The van der Waals surface area contributed by atoms with E-state index in [1.54, 1.807) is 19.2 Å². The third kappa shape index (κ3) is 4.18. The van der Waals surface area contributed by atoms with Crippen LogP contribution in [0.1, 0.15) is 34.3 Å². The van der Waals surface area contributed by atoms with Crippen molar-refractivity contribution in [1.82, 2.24) is 9.80 Å². The molecule has 4 rings (SSSR count). The molecule has 0 unspecified atom stereocenters. The zero-order valence-corrected chi connectivity index (χ0v) is 17.1. The highest BCUT2D eigenvalue weighted by Crippen LogP contribution is 2.29. The largest absolute Gasteiger partial charge is 0.496 e. The first-order valence-corrected chi connectivity index (χ1v) is 10.4. The van der Waals surface area contributed by atoms with Crippen LogP contribution in [0.15, 0.2) is 42.5 Å². The van der Waals surface area contributed by atoms with E-state index in [-0.39, 0.29) is 5.91 Å². The quantitative estimate of drug-likeness (QED) is 0.771. The number of carbonyl (C=O) groups is 1. The van der Waals surface area contributed by atoms with Crippen LogP contribution in [0.3, 0.4) is 0 Å². The molecular formula is C23H27ClN2O2. The molecule has 1 saturated heterocycles. The van der Waals surface area contributed by atoms with Crippen LogP contribution >= 0.6 is 11.6 Å². The Bertz CT molecular complexity index is 846. The van der Waals surface area contributed by atoms with Crippen molar-refractivity contribution in [3.63, 3.8) is 0 Å². The molecule has 0 bridgehead atoms. The maximum Gasteiger partial charge on any atom is 0.253 e. The summed E-state index contributed by atoms with van der Waals surface area (Å²) in [5.74, 6) is 1.76. The van der Waals surface area contributed by atoms with Gasteiger partial charge in [-0.1, -0.05) is 29.8 Å². The number of hydrogen-bond donors (Lipinski definition) is 0. The molecule has 0 spiro atoms. The summed E-state index contributed by atoms with van der Waals surface area (Å²) in [5, 5.41) is 0.614. The lowest BCUT2D eigenvalue weighted by atomic mass is 9.93. The van der Waals surface area contributed by atoms with Crippen molar-refractivity contribution in [3.8, 4) is 5.75 Å². The molecule has 1 amide bonds. The number of hydrogen-bond acceptors (Lipinski definition) is 3. The molecule has 0 N–H and O–H groups in total. The van der Waals surface area contributed by atoms with E-state index >= 15 is 0 Å². The van der Waals surface area contributed by atoms with Gasteiger partial charge in [-0.2, -0.15) is 0 Å². The molecule has 4 nitrogen and oxygen atoms in total. The molecule has 0 saturated carbocycles. The number of amides is 1. The van der Waals surface area contributed by atoms with Crippen molar-refractivity contribution in [1.29, 1.82) is 0 Å². The highest BCUT2D eigenvalue weighted by molar-refractivity contribution is 6.30. The third-order valence-corrected chi connectivity index (χ3v) is 6.25. The second-order valence-corrected chi connectivity index (χ2v) is 8.27. The minimum atomic E-state index is 0.0972. The molecule has 1 fully saturated rings. The Hall–Kier alpha value is -2.04.